The highest BCUT2D eigenvalue weighted by molar-refractivity contribution is 5.85. The average molecular weight is 280 g/mol. The van der Waals surface area contributed by atoms with Crippen LogP contribution in [0.5, 0.6) is 0 Å². The molecule has 1 aromatic rings. The molecular weight excluding hydrogens is 263 g/mol. The van der Waals surface area contributed by atoms with Crippen LogP contribution in [0.2, 0.25) is 0 Å². The van der Waals surface area contributed by atoms with E-state index in [9.17, 15) is 13.2 Å². The van der Waals surface area contributed by atoms with Crippen molar-refractivity contribution in [2.24, 2.45) is 5.73 Å². The lowest BCUT2D eigenvalue weighted by Gasteiger charge is -2.19. The first-order valence-electron chi connectivity index (χ1n) is 5.90. The largest absolute Gasteiger partial charge is 0.403 e. The van der Waals surface area contributed by atoms with Crippen LogP contribution < -0.4 is 5.73 Å². The Morgan fingerprint density at radius 3 is 2.33 bits per heavy atom. The van der Waals surface area contributed by atoms with Crippen LogP contribution in [0.3, 0.4) is 0 Å². The van der Waals surface area contributed by atoms with Gasteiger partial charge in [-0.05, 0) is 48.8 Å². The molecular formula is C13H17ClF3N. The third-order valence-electron chi connectivity index (χ3n) is 3.29. The van der Waals surface area contributed by atoms with Crippen molar-refractivity contribution in [1.82, 2.24) is 0 Å². The SMILES string of the molecule is Cl.NC(Cc1ccc2c(c1)CCCC2)C(F)(F)F. The normalized spacial score (nSPS) is 16.7. The van der Waals surface area contributed by atoms with E-state index in [0.717, 1.165) is 19.3 Å². The lowest BCUT2D eigenvalue weighted by molar-refractivity contribution is -0.147. The Kier molecular flexibility index (Phi) is 5.05. The van der Waals surface area contributed by atoms with Gasteiger partial charge in [0.1, 0.15) is 6.04 Å². The molecule has 0 bridgehead atoms. The predicted octanol–water partition coefficient (Wildman–Crippen LogP) is 3.42. The van der Waals surface area contributed by atoms with Crippen molar-refractivity contribution in [3.8, 4) is 0 Å². The van der Waals surface area contributed by atoms with Gasteiger partial charge in [-0.2, -0.15) is 13.2 Å². The van der Waals surface area contributed by atoms with Gasteiger partial charge in [-0.25, -0.2) is 0 Å². The van der Waals surface area contributed by atoms with E-state index in [4.69, 9.17) is 5.73 Å². The van der Waals surface area contributed by atoms with Crippen LogP contribution in [0.15, 0.2) is 18.2 Å². The smallest absolute Gasteiger partial charge is 0.320 e. The highest BCUT2D eigenvalue weighted by atomic mass is 35.5. The summed E-state index contributed by atoms with van der Waals surface area (Å²) in [5.41, 5.74) is 8.30. The summed E-state index contributed by atoms with van der Waals surface area (Å²) in [4.78, 5) is 0. The summed E-state index contributed by atoms with van der Waals surface area (Å²) >= 11 is 0. The van der Waals surface area contributed by atoms with E-state index in [0.29, 0.717) is 5.56 Å². The summed E-state index contributed by atoms with van der Waals surface area (Å²) in [6, 6.07) is 3.85. The molecule has 0 aliphatic heterocycles. The Balaban J connectivity index is 0.00000162. The van der Waals surface area contributed by atoms with E-state index < -0.39 is 12.2 Å². The molecule has 1 unspecified atom stereocenters. The first kappa shape index (κ1) is 15.3. The number of fused-ring (bicyclic) bond motifs is 1. The van der Waals surface area contributed by atoms with E-state index in [1.807, 2.05) is 12.1 Å². The number of hydrogen-bond acceptors (Lipinski definition) is 1. The predicted molar refractivity (Wildman–Crippen MR) is 68.1 cm³/mol. The average Bonchev–Trinajstić information content (AvgIpc) is 2.27. The lowest BCUT2D eigenvalue weighted by atomic mass is 9.89. The molecule has 1 aromatic carbocycles. The second-order valence-corrected chi connectivity index (χ2v) is 4.66. The van der Waals surface area contributed by atoms with E-state index in [1.54, 1.807) is 6.07 Å². The minimum Gasteiger partial charge on any atom is -0.320 e. The molecule has 0 amide bonds. The second-order valence-electron chi connectivity index (χ2n) is 4.66. The number of halogens is 4. The van der Waals surface area contributed by atoms with Gasteiger partial charge in [0.25, 0.3) is 0 Å². The molecule has 2 rings (SSSR count). The van der Waals surface area contributed by atoms with Crippen molar-refractivity contribution in [2.75, 3.05) is 0 Å². The molecule has 0 saturated carbocycles. The molecule has 18 heavy (non-hydrogen) atoms. The van der Waals surface area contributed by atoms with E-state index >= 15 is 0 Å². The number of nitrogens with two attached hydrogens (primary N) is 1. The van der Waals surface area contributed by atoms with Gasteiger partial charge < -0.3 is 5.73 Å². The minimum absolute atomic E-state index is 0. The molecule has 0 aromatic heterocycles. The number of aryl methyl sites for hydroxylation is 2. The van der Waals surface area contributed by atoms with Crippen molar-refractivity contribution < 1.29 is 13.2 Å². The Morgan fingerprint density at radius 1 is 1.11 bits per heavy atom. The van der Waals surface area contributed by atoms with Gasteiger partial charge in [0.05, 0.1) is 0 Å². The fraction of sp³-hybridized carbons (Fsp3) is 0.538. The van der Waals surface area contributed by atoms with E-state index in [2.05, 4.69) is 0 Å². The fourth-order valence-electron chi connectivity index (χ4n) is 2.28. The highest BCUT2D eigenvalue weighted by Gasteiger charge is 2.36. The third-order valence-corrected chi connectivity index (χ3v) is 3.29. The topological polar surface area (TPSA) is 26.0 Å². The van der Waals surface area contributed by atoms with Gasteiger partial charge in [0.15, 0.2) is 0 Å². The molecule has 0 saturated heterocycles. The maximum atomic E-state index is 12.3. The summed E-state index contributed by atoms with van der Waals surface area (Å²) in [5, 5.41) is 0. The quantitative estimate of drug-likeness (QED) is 0.882. The van der Waals surface area contributed by atoms with Gasteiger partial charge in [-0.3, -0.25) is 0 Å². The molecule has 0 spiro atoms. The van der Waals surface area contributed by atoms with Crippen molar-refractivity contribution in [3.63, 3.8) is 0 Å². The van der Waals surface area contributed by atoms with Crippen LogP contribution in [0.25, 0.3) is 0 Å². The zero-order chi connectivity index (χ0) is 12.5. The Bertz CT molecular complexity index is 404. The monoisotopic (exact) mass is 279 g/mol. The Hall–Kier alpha value is -0.740. The first-order valence-corrected chi connectivity index (χ1v) is 5.90. The van der Waals surface area contributed by atoms with Crippen molar-refractivity contribution in [1.29, 1.82) is 0 Å². The lowest BCUT2D eigenvalue weighted by Crippen LogP contribution is -2.39. The molecule has 1 aliphatic rings. The molecule has 0 fully saturated rings. The van der Waals surface area contributed by atoms with Gasteiger partial charge in [0.2, 0.25) is 0 Å². The molecule has 0 heterocycles. The van der Waals surface area contributed by atoms with Crippen molar-refractivity contribution in [2.45, 2.75) is 44.3 Å². The highest BCUT2D eigenvalue weighted by Crippen LogP contribution is 2.25. The van der Waals surface area contributed by atoms with Crippen molar-refractivity contribution in [3.05, 3.63) is 34.9 Å². The van der Waals surface area contributed by atoms with Gasteiger partial charge in [-0.1, -0.05) is 18.2 Å². The molecule has 1 aliphatic carbocycles. The van der Waals surface area contributed by atoms with Crippen molar-refractivity contribution >= 4 is 12.4 Å². The molecule has 102 valence electrons. The Morgan fingerprint density at radius 2 is 1.72 bits per heavy atom. The number of rotatable bonds is 2. The number of benzene rings is 1. The molecule has 5 heteroatoms. The Labute approximate surface area is 111 Å². The van der Waals surface area contributed by atoms with Gasteiger partial charge in [-0.15, -0.1) is 12.4 Å². The number of hydrogen-bond donors (Lipinski definition) is 1. The summed E-state index contributed by atoms with van der Waals surface area (Å²) in [5.74, 6) is 0. The van der Waals surface area contributed by atoms with Gasteiger partial charge in [0, 0.05) is 0 Å². The molecule has 1 atom stereocenters. The van der Waals surface area contributed by atoms with Gasteiger partial charge >= 0.3 is 6.18 Å². The molecule has 1 nitrogen and oxygen atoms in total. The standard InChI is InChI=1S/C13H16F3N.ClH/c14-13(15,16)12(17)8-9-5-6-10-3-1-2-4-11(10)7-9;/h5-7,12H,1-4,8,17H2;1H. The zero-order valence-corrected chi connectivity index (χ0v) is 10.8. The summed E-state index contributed by atoms with van der Waals surface area (Å²) < 4.78 is 37.0. The van der Waals surface area contributed by atoms with E-state index in [-0.39, 0.29) is 18.8 Å². The third kappa shape index (κ3) is 3.62. The first-order chi connectivity index (χ1) is 7.97. The minimum atomic E-state index is -4.31. The van der Waals surface area contributed by atoms with Crippen LogP contribution in [0, 0.1) is 0 Å². The fourth-order valence-corrected chi connectivity index (χ4v) is 2.28. The van der Waals surface area contributed by atoms with Crippen LogP contribution in [0.4, 0.5) is 13.2 Å². The van der Waals surface area contributed by atoms with E-state index in [1.165, 1.54) is 17.5 Å². The molecule has 2 N–H and O–H groups in total. The zero-order valence-electron chi connectivity index (χ0n) is 9.96. The molecule has 0 radical (unpaired) electrons. The van der Waals surface area contributed by atoms with Crippen LogP contribution >= 0.6 is 12.4 Å². The summed E-state index contributed by atoms with van der Waals surface area (Å²) in [6.07, 6.45) is -0.117. The van der Waals surface area contributed by atoms with Crippen LogP contribution in [-0.2, 0) is 19.3 Å². The summed E-state index contributed by atoms with van der Waals surface area (Å²) in [6.45, 7) is 0. The maximum Gasteiger partial charge on any atom is 0.403 e. The van der Waals surface area contributed by atoms with Crippen LogP contribution in [-0.4, -0.2) is 12.2 Å². The second kappa shape index (κ2) is 5.93. The number of alkyl halides is 3. The maximum absolute atomic E-state index is 12.3. The van der Waals surface area contributed by atoms with Crippen LogP contribution in [0.1, 0.15) is 29.5 Å². The summed E-state index contributed by atoms with van der Waals surface area (Å²) in [7, 11) is 0.